The van der Waals surface area contributed by atoms with Gasteiger partial charge < -0.3 is 20.4 Å². The number of nitrogen functional groups attached to an aromatic ring is 1. The number of piperidine rings is 1. The molecule has 0 aromatic carbocycles. The van der Waals surface area contributed by atoms with Gasteiger partial charge in [-0.3, -0.25) is 0 Å². The van der Waals surface area contributed by atoms with Gasteiger partial charge in [0.15, 0.2) is 28.2 Å². The molecule has 0 aliphatic carbocycles. The molecule has 4 rings (SSSR count). The van der Waals surface area contributed by atoms with Crippen molar-refractivity contribution in [3.8, 4) is 17.3 Å². The first kappa shape index (κ1) is 17.0. The SMILES string of the molecule is CCn1c(-c2nonc2N)nc2c(Cl)ncc(OCC3CCNCC3)c21. The summed E-state index contributed by atoms with van der Waals surface area (Å²) in [4.78, 5) is 8.80. The van der Waals surface area contributed by atoms with Gasteiger partial charge in [-0.2, -0.15) is 0 Å². The molecule has 138 valence electrons. The molecule has 1 aliphatic heterocycles. The van der Waals surface area contributed by atoms with Crippen molar-refractivity contribution in [2.45, 2.75) is 26.3 Å². The smallest absolute Gasteiger partial charge is 0.199 e. The molecule has 1 aliphatic rings. The van der Waals surface area contributed by atoms with E-state index in [2.05, 4.69) is 25.6 Å². The summed E-state index contributed by atoms with van der Waals surface area (Å²) in [6.07, 6.45) is 3.85. The molecule has 0 radical (unpaired) electrons. The topological polar surface area (TPSA) is 117 Å². The number of rotatable bonds is 5. The first-order valence-corrected chi connectivity index (χ1v) is 9.03. The first-order valence-electron chi connectivity index (χ1n) is 8.65. The summed E-state index contributed by atoms with van der Waals surface area (Å²) in [5.74, 6) is 1.88. The Hall–Kier alpha value is -2.39. The van der Waals surface area contributed by atoms with E-state index in [4.69, 9.17) is 26.7 Å². The van der Waals surface area contributed by atoms with Crippen molar-refractivity contribution < 1.29 is 9.37 Å². The zero-order valence-electron chi connectivity index (χ0n) is 14.4. The highest BCUT2D eigenvalue weighted by atomic mass is 35.5. The molecule has 0 saturated carbocycles. The van der Waals surface area contributed by atoms with Gasteiger partial charge in [0.1, 0.15) is 11.0 Å². The first-order chi connectivity index (χ1) is 12.7. The average Bonchev–Trinajstić information content (AvgIpc) is 3.25. The van der Waals surface area contributed by atoms with Crippen LogP contribution in [0, 0.1) is 5.92 Å². The molecule has 3 N–H and O–H groups in total. The van der Waals surface area contributed by atoms with Crippen molar-refractivity contribution in [1.29, 1.82) is 0 Å². The van der Waals surface area contributed by atoms with Gasteiger partial charge in [-0.1, -0.05) is 11.6 Å². The Bertz CT molecular complexity index is 917. The van der Waals surface area contributed by atoms with Gasteiger partial charge in [0.2, 0.25) is 0 Å². The number of aromatic nitrogens is 5. The Morgan fingerprint density at radius 1 is 1.38 bits per heavy atom. The van der Waals surface area contributed by atoms with Crippen LogP contribution in [-0.2, 0) is 6.54 Å². The van der Waals surface area contributed by atoms with Crippen molar-refractivity contribution in [2.24, 2.45) is 5.92 Å². The molecular weight excluding hydrogens is 358 g/mol. The second-order valence-electron chi connectivity index (χ2n) is 6.29. The zero-order chi connectivity index (χ0) is 18.1. The molecule has 0 atom stereocenters. The Balaban J connectivity index is 1.75. The fourth-order valence-electron chi connectivity index (χ4n) is 3.28. The quantitative estimate of drug-likeness (QED) is 0.649. The number of ether oxygens (including phenoxy) is 1. The lowest BCUT2D eigenvalue weighted by Crippen LogP contribution is -2.30. The van der Waals surface area contributed by atoms with Gasteiger partial charge >= 0.3 is 0 Å². The van der Waals surface area contributed by atoms with E-state index in [0.29, 0.717) is 47.0 Å². The normalized spacial score (nSPS) is 15.6. The van der Waals surface area contributed by atoms with Crippen LogP contribution in [0.4, 0.5) is 5.82 Å². The van der Waals surface area contributed by atoms with Crippen LogP contribution < -0.4 is 15.8 Å². The Morgan fingerprint density at radius 2 is 2.19 bits per heavy atom. The van der Waals surface area contributed by atoms with E-state index in [1.165, 1.54) is 0 Å². The molecule has 1 fully saturated rings. The van der Waals surface area contributed by atoms with E-state index in [0.717, 1.165) is 31.4 Å². The summed E-state index contributed by atoms with van der Waals surface area (Å²) in [5.41, 5.74) is 7.55. The molecule has 26 heavy (non-hydrogen) atoms. The second kappa shape index (κ2) is 7.08. The van der Waals surface area contributed by atoms with Crippen LogP contribution in [0.25, 0.3) is 22.6 Å². The number of halogens is 1. The van der Waals surface area contributed by atoms with Crippen LogP contribution in [0.5, 0.6) is 5.75 Å². The summed E-state index contributed by atoms with van der Waals surface area (Å²) in [6.45, 7) is 5.31. The fourth-order valence-corrected chi connectivity index (χ4v) is 3.47. The van der Waals surface area contributed by atoms with Crippen LogP contribution in [0.1, 0.15) is 19.8 Å². The van der Waals surface area contributed by atoms with Crippen molar-refractivity contribution in [2.75, 3.05) is 25.4 Å². The van der Waals surface area contributed by atoms with E-state index in [9.17, 15) is 0 Å². The third-order valence-electron chi connectivity index (χ3n) is 4.67. The number of pyridine rings is 1. The second-order valence-corrected chi connectivity index (χ2v) is 6.65. The molecule has 4 heterocycles. The largest absolute Gasteiger partial charge is 0.489 e. The molecule has 3 aromatic heterocycles. The average molecular weight is 378 g/mol. The van der Waals surface area contributed by atoms with Gasteiger partial charge in [-0.25, -0.2) is 14.6 Å². The van der Waals surface area contributed by atoms with Gasteiger partial charge in [0, 0.05) is 6.54 Å². The minimum Gasteiger partial charge on any atom is -0.489 e. The standard InChI is InChI=1S/C16H20ClN7O2/c1-2-24-13-10(25-8-9-3-5-19-6-4-9)7-20-14(17)11(13)21-16(24)12-15(18)23-26-22-12/h7,9,19H,2-6,8H2,1H3,(H2,18,23). The highest BCUT2D eigenvalue weighted by molar-refractivity contribution is 6.34. The monoisotopic (exact) mass is 377 g/mol. The van der Waals surface area contributed by atoms with Crippen molar-refractivity contribution in [1.82, 2.24) is 30.2 Å². The molecule has 9 nitrogen and oxygen atoms in total. The maximum absolute atomic E-state index is 6.28. The highest BCUT2D eigenvalue weighted by Gasteiger charge is 2.23. The number of fused-ring (bicyclic) bond motifs is 1. The fraction of sp³-hybridized carbons (Fsp3) is 0.500. The Labute approximate surface area is 154 Å². The number of nitrogens with zero attached hydrogens (tertiary/aromatic N) is 5. The van der Waals surface area contributed by atoms with E-state index >= 15 is 0 Å². The summed E-state index contributed by atoms with van der Waals surface area (Å²) >= 11 is 6.28. The van der Waals surface area contributed by atoms with Crippen molar-refractivity contribution >= 4 is 28.5 Å². The van der Waals surface area contributed by atoms with Gasteiger partial charge in [0.05, 0.1) is 12.8 Å². The molecular formula is C16H20ClN7O2. The third-order valence-corrected chi connectivity index (χ3v) is 4.94. The predicted molar refractivity (Wildman–Crippen MR) is 97.0 cm³/mol. The summed E-state index contributed by atoms with van der Waals surface area (Å²) < 4.78 is 12.8. The number of imidazole rings is 1. The van der Waals surface area contributed by atoms with Crippen LogP contribution in [0.3, 0.4) is 0 Å². The highest BCUT2D eigenvalue weighted by Crippen LogP contribution is 2.34. The van der Waals surface area contributed by atoms with E-state index < -0.39 is 0 Å². The van der Waals surface area contributed by atoms with Gasteiger partial charge in [-0.15, -0.1) is 0 Å². The zero-order valence-corrected chi connectivity index (χ0v) is 15.2. The third kappa shape index (κ3) is 2.97. The molecule has 3 aromatic rings. The van der Waals surface area contributed by atoms with E-state index in [-0.39, 0.29) is 5.82 Å². The maximum Gasteiger partial charge on any atom is 0.199 e. The van der Waals surface area contributed by atoms with Crippen molar-refractivity contribution in [3.63, 3.8) is 0 Å². The maximum atomic E-state index is 6.28. The number of nitrogens with two attached hydrogens (primary N) is 1. The Morgan fingerprint density at radius 3 is 2.88 bits per heavy atom. The minimum atomic E-state index is 0.177. The summed E-state index contributed by atoms with van der Waals surface area (Å²) in [6, 6.07) is 0. The number of aryl methyl sites for hydroxylation is 1. The molecule has 0 spiro atoms. The van der Waals surface area contributed by atoms with Gasteiger partial charge in [0.25, 0.3) is 0 Å². The lowest BCUT2D eigenvalue weighted by atomic mass is 9.99. The minimum absolute atomic E-state index is 0.177. The molecule has 10 heteroatoms. The molecule has 0 unspecified atom stereocenters. The predicted octanol–water partition coefficient (Wildman–Crippen LogP) is 2.12. The number of hydrogen-bond acceptors (Lipinski definition) is 8. The number of hydrogen-bond donors (Lipinski definition) is 2. The van der Waals surface area contributed by atoms with Crippen molar-refractivity contribution in [3.05, 3.63) is 11.3 Å². The summed E-state index contributed by atoms with van der Waals surface area (Å²) in [7, 11) is 0. The van der Waals surface area contributed by atoms with Crippen LogP contribution in [0.2, 0.25) is 5.15 Å². The van der Waals surface area contributed by atoms with E-state index in [1.54, 1.807) is 6.20 Å². The van der Waals surface area contributed by atoms with E-state index in [1.807, 2.05) is 11.5 Å². The number of anilines is 1. The summed E-state index contributed by atoms with van der Waals surface area (Å²) in [5, 5.41) is 11.2. The number of nitrogens with one attached hydrogen (secondary N) is 1. The van der Waals surface area contributed by atoms with Crippen LogP contribution >= 0.6 is 11.6 Å². The Kier molecular flexibility index (Phi) is 4.64. The van der Waals surface area contributed by atoms with Crippen LogP contribution in [-0.4, -0.2) is 44.5 Å². The van der Waals surface area contributed by atoms with Gasteiger partial charge in [-0.05, 0) is 49.1 Å². The molecule has 1 saturated heterocycles. The van der Waals surface area contributed by atoms with Crippen LogP contribution in [0.15, 0.2) is 10.8 Å². The lowest BCUT2D eigenvalue weighted by Gasteiger charge is -2.22. The molecule has 0 bridgehead atoms. The lowest BCUT2D eigenvalue weighted by molar-refractivity contribution is 0.216. The molecule has 0 amide bonds.